The molecule has 136 valence electrons. The fraction of sp³-hybridized carbons (Fsp3) is 0.222. The van der Waals surface area contributed by atoms with E-state index in [4.69, 9.17) is 14.7 Å². The Bertz CT molecular complexity index is 948. The molecule has 0 saturated carbocycles. The number of carbonyl (C=O) groups is 1. The van der Waals surface area contributed by atoms with Gasteiger partial charge in [-0.05, 0) is 24.3 Å². The molecule has 2 aromatic rings. The van der Waals surface area contributed by atoms with Crippen LogP contribution in [0.1, 0.15) is 12.0 Å². The van der Waals surface area contributed by atoms with Crippen molar-refractivity contribution >= 4 is 21.4 Å². The van der Waals surface area contributed by atoms with E-state index in [-0.39, 0.29) is 17.1 Å². The molecule has 0 spiro atoms. The molecule has 0 aliphatic heterocycles. The van der Waals surface area contributed by atoms with E-state index in [1.54, 1.807) is 24.3 Å². The molecule has 1 N–H and O–H groups in total. The van der Waals surface area contributed by atoms with Crippen molar-refractivity contribution in [2.24, 2.45) is 0 Å². The normalized spacial score (nSPS) is 10.7. The van der Waals surface area contributed by atoms with Crippen molar-refractivity contribution in [3.63, 3.8) is 0 Å². The first-order valence-corrected chi connectivity index (χ1v) is 9.30. The summed E-state index contributed by atoms with van der Waals surface area (Å²) in [4.78, 5) is 12.1. The van der Waals surface area contributed by atoms with E-state index in [0.29, 0.717) is 22.7 Å². The first kappa shape index (κ1) is 19.3. The predicted octanol–water partition coefficient (Wildman–Crippen LogP) is 2.38. The number of ether oxygens (including phenoxy) is 2. The summed E-state index contributed by atoms with van der Waals surface area (Å²) < 4.78 is 35.1. The van der Waals surface area contributed by atoms with Crippen LogP contribution >= 0.6 is 0 Å². The average molecular weight is 374 g/mol. The van der Waals surface area contributed by atoms with Crippen LogP contribution < -0.4 is 14.8 Å². The number of benzene rings is 2. The highest BCUT2D eigenvalue weighted by Crippen LogP contribution is 2.30. The molecule has 2 aromatic carbocycles. The zero-order valence-electron chi connectivity index (χ0n) is 14.4. The maximum atomic E-state index is 12.5. The average Bonchev–Trinajstić information content (AvgIpc) is 2.66. The molecule has 8 heteroatoms. The standard InChI is InChI=1S/C18H18N2O5S/c1-24-16-8-7-14(11-17(16)25-2)26(22,23)10-9-18(21)20-15-6-4-3-5-13(15)12-19/h3-8,11H,9-10H2,1-2H3,(H,20,21). The third-order valence-electron chi connectivity index (χ3n) is 3.63. The number of carbonyl (C=O) groups excluding carboxylic acids is 1. The molecule has 7 nitrogen and oxygen atoms in total. The van der Waals surface area contributed by atoms with E-state index in [9.17, 15) is 13.2 Å². The van der Waals surface area contributed by atoms with Crippen LogP contribution in [0.2, 0.25) is 0 Å². The molecule has 1 amide bonds. The minimum Gasteiger partial charge on any atom is -0.493 e. The molecule has 0 radical (unpaired) electrons. The third-order valence-corrected chi connectivity index (χ3v) is 5.35. The number of para-hydroxylation sites is 1. The summed E-state index contributed by atoms with van der Waals surface area (Å²) in [5, 5.41) is 11.6. The zero-order valence-corrected chi connectivity index (χ0v) is 15.2. The van der Waals surface area contributed by atoms with Gasteiger partial charge in [0.1, 0.15) is 6.07 Å². The Morgan fingerprint density at radius 3 is 2.46 bits per heavy atom. The van der Waals surface area contributed by atoms with Gasteiger partial charge in [0.15, 0.2) is 21.3 Å². The van der Waals surface area contributed by atoms with Gasteiger partial charge in [0.25, 0.3) is 0 Å². The van der Waals surface area contributed by atoms with E-state index in [0.717, 1.165) is 0 Å². The molecule has 0 aromatic heterocycles. The second kappa shape index (κ2) is 8.36. The first-order chi connectivity index (χ1) is 12.4. The van der Waals surface area contributed by atoms with E-state index in [1.807, 2.05) is 6.07 Å². The molecule has 0 aliphatic rings. The Labute approximate surface area is 152 Å². The van der Waals surface area contributed by atoms with Gasteiger partial charge in [0.05, 0.1) is 36.1 Å². The van der Waals surface area contributed by atoms with Gasteiger partial charge in [-0.15, -0.1) is 0 Å². The van der Waals surface area contributed by atoms with Gasteiger partial charge in [0, 0.05) is 12.5 Å². The Kier molecular flexibility index (Phi) is 6.20. The summed E-state index contributed by atoms with van der Waals surface area (Å²) >= 11 is 0. The van der Waals surface area contributed by atoms with E-state index in [2.05, 4.69) is 5.32 Å². The topological polar surface area (TPSA) is 105 Å². The summed E-state index contributed by atoms with van der Waals surface area (Å²) in [5.74, 6) is -0.154. The highest BCUT2D eigenvalue weighted by Gasteiger charge is 2.19. The molecule has 0 unspecified atom stereocenters. The lowest BCUT2D eigenvalue weighted by Gasteiger charge is -2.10. The molecule has 0 heterocycles. The number of methoxy groups -OCH3 is 2. The number of nitriles is 1. The lowest BCUT2D eigenvalue weighted by Crippen LogP contribution is -2.18. The summed E-state index contributed by atoms with van der Waals surface area (Å²) in [6.45, 7) is 0. The maximum absolute atomic E-state index is 12.5. The molecular weight excluding hydrogens is 356 g/mol. The molecule has 0 atom stereocenters. The number of hydrogen-bond donors (Lipinski definition) is 1. The zero-order chi connectivity index (χ0) is 19.2. The van der Waals surface area contributed by atoms with Gasteiger partial charge < -0.3 is 14.8 Å². The van der Waals surface area contributed by atoms with Crippen molar-refractivity contribution in [3.8, 4) is 17.6 Å². The largest absolute Gasteiger partial charge is 0.493 e. The second-order valence-electron chi connectivity index (χ2n) is 5.29. The quantitative estimate of drug-likeness (QED) is 0.798. The number of hydrogen-bond acceptors (Lipinski definition) is 6. The van der Waals surface area contributed by atoms with Crippen LogP contribution in [0.15, 0.2) is 47.4 Å². The van der Waals surface area contributed by atoms with Crippen molar-refractivity contribution in [1.82, 2.24) is 0 Å². The minimum atomic E-state index is -3.68. The fourth-order valence-electron chi connectivity index (χ4n) is 2.26. The third kappa shape index (κ3) is 4.52. The minimum absolute atomic E-state index is 0.0420. The van der Waals surface area contributed by atoms with Gasteiger partial charge in [-0.25, -0.2) is 8.42 Å². The lowest BCUT2D eigenvalue weighted by atomic mass is 10.2. The van der Waals surface area contributed by atoms with Crippen molar-refractivity contribution < 1.29 is 22.7 Å². The smallest absolute Gasteiger partial charge is 0.225 e. The van der Waals surface area contributed by atoms with Crippen molar-refractivity contribution in [3.05, 3.63) is 48.0 Å². The van der Waals surface area contributed by atoms with Crippen molar-refractivity contribution in [2.45, 2.75) is 11.3 Å². The summed E-state index contributed by atoms with van der Waals surface area (Å²) in [7, 11) is -0.817. The number of amides is 1. The number of sulfone groups is 1. The van der Waals surface area contributed by atoms with E-state index in [1.165, 1.54) is 32.4 Å². The van der Waals surface area contributed by atoms with Crippen molar-refractivity contribution in [1.29, 1.82) is 5.26 Å². The Morgan fingerprint density at radius 1 is 1.12 bits per heavy atom. The molecule has 26 heavy (non-hydrogen) atoms. The van der Waals surface area contributed by atoms with Gasteiger partial charge in [-0.3, -0.25) is 4.79 Å². The molecule has 0 bridgehead atoms. The van der Waals surface area contributed by atoms with Crippen LogP contribution in [-0.2, 0) is 14.6 Å². The molecular formula is C18H18N2O5S. The van der Waals surface area contributed by atoms with E-state index < -0.39 is 15.7 Å². The predicted molar refractivity (Wildman–Crippen MR) is 96.0 cm³/mol. The lowest BCUT2D eigenvalue weighted by molar-refractivity contribution is -0.115. The Hall–Kier alpha value is -3.05. The summed E-state index contributed by atoms with van der Waals surface area (Å²) in [6, 6.07) is 12.7. The first-order valence-electron chi connectivity index (χ1n) is 7.65. The Balaban J connectivity index is 2.08. The highest BCUT2D eigenvalue weighted by atomic mass is 32.2. The van der Waals surface area contributed by atoms with Gasteiger partial charge >= 0.3 is 0 Å². The number of rotatable bonds is 7. The van der Waals surface area contributed by atoms with Crippen LogP contribution in [0.25, 0.3) is 0 Å². The number of anilines is 1. The fourth-order valence-corrected chi connectivity index (χ4v) is 3.51. The van der Waals surface area contributed by atoms with Crippen LogP contribution in [0, 0.1) is 11.3 Å². The molecule has 0 fully saturated rings. The van der Waals surface area contributed by atoms with Crippen molar-refractivity contribution in [2.75, 3.05) is 25.3 Å². The SMILES string of the molecule is COc1ccc(S(=O)(=O)CCC(=O)Nc2ccccc2C#N)cc1OC. The van der Waals surface area contributed by atoms with Crippen LogP contribution in [0.3, 0.4) is 0 Å². The van der Waals surface area contributed by atoms with Gasteiger partial charge in [0.2, 0.25) is 5.91 Å². The molecule has 0 aliphatic carbocycles. The molecule has 2 rings (SSSR count). The highest BCUT2D eigenvalue weighted by molar-refractivity contribution is 7.91. The van der Waals surface area contributed by atoms with Crippen LogP contribution in [-0.4, -0.2) is 34.3 Å². The summed E-state index contributed by atoms with van der Waals surface area (Å²) in [5.41, 5.74) is 0.659. The van der Waals surface area contributed by atoms with E-state index >= 15 is 0 Å². The number of nitrogens with zero attached hydrogens (tertiary/aromatic N) is 1. The number of nitrogens with one attached hydrogen (secondary N) is 1. The maximum Gasteiger partial charge on any atom is 0.225 e. The van der Waals surface area contributed by atoms with Gasteiger partial charge in [-0.1, -0.05) is 12.1 Å². The second-order valence-corrected chi connectivity index (χ2v) is 7.40. The Morgan fingerprint density at radius 2 is 1.81 bits per heavy atom. The van der Waals surface area contributed by atoms with Crippen LogP contribution in [0.5, 0.6) is 11.5 Å². The van der Waals surface area contributed by atoms with Crippen LogP contribution in [0.4, 0.5) is 5.69 Å². The summed E-state index contributed by atoms with van der Waals surface area (Å²) in [6.07, 6.45) is -0.240. The van der Waals surface area contributed by atoms with Gasteiger partial charge in [-0.2, -0.15) is 5.26 Å². The molecule has 0 saturated heterocycles. The monoisotopic (exact) mass is 374 g/mol.